The zero-order valence-electron chi connectivity index (χ0n) is 17.6. The highest BCUT2D eigenvalue weighted by Crippen LogP contribution is 2.27. The SMILES string of the molecule is CCCCC1N=C2C=C(/C=C/C(=O)NO)C=CN2C1CN(CCC)CCCC. The lowest BCUT2D eigenvalue weighted by Crippen LogP contribution is -2.46. The van der Waals surface area contributed by atoms with Gasteiger partial charge in [0.25, 0.3) is 5.91 Å². The monoisotopic (exact) mass is 388 g/mol. The predicted molar refractivity (Wildman–Crippen MR) is 114 cm³/mol. The minimum absolute atomic E-state index is 0.306. The molecule has 0 aromatic carbocycles. The number of rotatable bonds is 12. The summed E-state index contributed by atoms with van der Waals surface area (Å²) in [4.78, 5) is 21.1. The van der Waals surface area contributed by atoms with Crippen molar-refractivity contribution in [1.29, 1.82) is 0 Å². The smallest absolute Gasteiger partial charge is 0.267 e. The van der Waals surface area contributed by atoms with Gasteiger partial charge in [0, 0.05) is 18.8 Å². The fourth-order valence-corrected chi connectivity index (χ4v) is 3.79. The minimum atomic E-state index is -0.532. The van der Waals surface area contributed by atoms with Gasteiger partial charge < -0.3 is 9.80 Å². The van der Waals surface area contributed by atoms with Crippen molar-refractivity contribution in [1.82, 2.24) is 15.3 Å². The molecule has 0 radical (unpaired) electrons. The van der Waals surface area contributed by atoms with E-state index in [1.165, 1.54) is 38.2 Å². The van der Waals surface area contributed by atoms with E-state index in [0.29, 0.717) is 12.1 Å². The van der Waals surface area contributed by atoms with Crippen LogP contribution in [0.1, 0.15) is 59.3 Å². The summed E-state index contributed by atoms with van der Waals surface area (Å²) in [6, 6.07) is 0.671. The lowest BCUT2D eigenvalue weighted by atomic mass is 10.0. The van der Waals surface area contributed by atoms with Crippen LogP contribution in [0.4, 0.5) is 0 Å². The Labute approximate surface area is 169 Å². The molecule has 2 heterocycles. The van der Waals surface area contributed by atoms with Crippen LogP contribution < -0.4 is 5.48 Å². The van der Waals surface area contributed by atoms with E-state index in [4.69, 9.17) is 10.2 Å². The molecule has 0 aromatic heterocycles. The molecule has 0 aliphatic carbocycles. The zero-order chi connectivity index (χ0) is 20.4. The molecule has 0 spiro atoms. The van der Waals surface area contributed by atoms with Crippen molar-refractivity contribution < 1.29 is 10.0 Å². The Bertz CT molecular complexity index is 624. The van der Waals surface area contributed by atoms with E-state index in [-0.39, 0.29) is 0 Å². The number of unbranched alkanes of at least 4 members (excludes halogenated alkanes) is 2. The highest BCUT2D eigenvalue weighted by atomic mass is 16.5. The maximum Gasteiger partial charge on any atom is 0.267 e. The number of carbonyl (C=O) groups is 1. The van der Waals surface area contributed by atoms with E-state index < -0.39 is 5.91 Å². The number of nitrogens with zero attached hydrogens (tertiary/aromatic N) is 3. The van der Waals surface area contributed by atoms with Gasteiger partial charge in [0.1, 0.15) is 5.84 Å². The number of carbonyl (C=O) groups excluding carboxylic acids is 1. The third kappa shape index (κ3) is 6.31. The van der Waals surface area contributed by atoms with Crippen LogP contribution in [-0.2, 0) is 4.79 Å². The summed E-state index contributed by atoms with van der Waals surface area (Å²) in [6.45, 7) is 10.0. The summed E-state index contributed by atoms with van der Waals surface area (Å²) < 4.78 is 0. The van der Waals surface area contributed by atoms with Crippen LogP contribution in [0.5, 0.6) is 0 Å². The molecule has 6 nitrogen and oxygen atoms in total. The largest absolute Gasteiger partial charge is 0.327 e. The van der Waals surface area contributed by atoms with Gasteiger partial charge in [-0.3, -0.25) is 15.0 Å². The highest BCUT2D eigenvalue weighted by Gasteiger charge is 2.35. The molecule has 156 valence electrons. The van der Waals surface area contributed by atoms with Gasteiger partial charge in [0.2, 0.25) is 0 Å². The normalized spacial score (nSPS) is 21.2. The van der Waals surface area contributed by atoms with Crippen LogP contribution in [0.2, 0.25) is 0 Å². The highest BCUT2D eigenvalue weighted by molar-refractivity contribution is 5.98. The maximum atomic E-state index is 11.2. The van der Waals surface area contributed by atoms with Crippen LogP contribution in [0, 0.1) is 0 Å². The number of hydrogen-bond acceptors (Lipinski definition) is 5. The van der Waals surface area contributed by atoms with E-state index in [1.54, 1.807) is 11.6 Å². The van der Waals surface area contributed by atoms with Gasteiger partial charge in [0.05, 0.1) is 12.1 Å². The van der Waals surface area contributed by atoms with Crippen molar-refractivity contribution in [3.05, 3.63) is 36.1 Å². The number of amidine groups is 1. The van der Waals surface area contributed by atoms with Crippen LogP contribution in [0.15, 0.2) is 41.1 Å². The van der Waals surface area contributed by atoms with Crippen molar-refractivity contribution >= 4 is 11.7 Å². The summed E-state index contributed by atoms with van der Waals surface area (Å²) in [7, 11) is 0. The Hall–Kier alpha value is -1.92. The van der Waals surface area contributed by atoms with Crippen molar-refractivity contribution in [2.75, 3.05) is 19.6 Å². The molecule has 2 aliphatic rings. The number of fused-ring (bicyclic) bond motifs is 1. The van der Waals surface area contributed by atoms with Crippen molar-refractivity contribution in [2.24, 2.45) is 4.99 Å². The first-order valence-electron chi connectivity index (χ1n) is 10.7. The summed E-state index contributed by atoms with van der Waals surface area (Å²) in [6.07, 6.45) is 16.2. The zero-order valence-corrected chi connectivity index (χ0v) is 17.6. The Morgan fingerprint density at radius 2 is 2.04 bits per heavy atom. The molecule has 0 saturated carbocycles. The number of hydroxylamine groups is 1. The number of amides is 1. The number of aliphatic imine (C=N–C) groups is 1. The fraction of sp³-hybridized carbons (Fsp3) is 0.636. The summed E-state index contributed by atoms with van der Waals surface area (Å²) >= 11 is 0. The molecule has 2 atom stereocenters. The molecule has 1 amide bonds. The van der Waals surface area contributed by atoms with Gasteiger partial charge in [-0.05, 0) is 56.2 Å². The first kappa shape index (κ1) is 22.4. The van der Waals surface area contributed by atoms with Crippen LogP contribution in [0.25, 0.3) is 0 Å². The minimum Gasteiger partial charge on any atom is -0.327 e. The van der Waals surface area contributed by atoms with E-state index in [9.17, 15) is 4.79 Å². The first-order valence-corrected chi connectivity index (χ1v) is 10.7. The molecule has 0 aromatic rings. The number of allylic oxidation sites excluding steroid dienone is 3. The second-order valence-electron chi connectivity index (χ2n) is 7.60. The van der Waals surface area contributed by atoms with Gasteiger partial charge in [-0.2, -0.15) is 0 Å². The summed E-state index contributed by atoms with van der Waals surface area (Å²) in [5, 5.41) is 8.63. The van der Waals surface area contributed by atoms with Gasteiger partial charge >= 0.3 is 0 Å². The topological polar surface area (TPSA) is 68.2 Å². The van der Waals surface area contributed by atoms with Crippen molar-refractivity contribution in [3.8, 4) is 0 Å². The second kappa shape index (κ2) is 11.8. The quantitative estimate of drug-likeness (QED) is 0.304. The fourth-order valence-electron chi connectivity index (χ4n) is 3.79. The molecule has 2 rings (SSSR count). The van der Waals surface area contributed by atoms with Gasteiger partial charge in [-0.1, -0.05) is 40.0 Å². The Balaban J connectivity index is 2.14. The van der Waals surface area contributed by atoms with Crippen molar-refractivity contribution in [3.63, 3.8) is 0 Å². The molecule has 2 unspecified atom stereocenters. The van der Waals surface area contributed by atoms with Gasteiger partial charge in [-0.15, -0.1) is 0 Å². The number of hydrogen-bond donors (Lipinski definition) is 2. The second-order valence-corrected chi connectivity index (χ2v) is 7.60. The third-order valence-corrected chi connectivity index (χ3v) is 5.29. The Morgan fingerprint density at radius 1 is 1.25 bits per heavy atom. The maximum absolute atomic E-state index is 11.2. The van der Waals surface area contributed by atoms with Crippen LogP contribution >= 0.6 is 0 Å². The molecular weight excluding hydrogens is 352 g/mol. The van der Waals surface area contributed by atoms with E-state index in [0.717, 1.165) is 37.5 Å². The first-order chi connectivity index (χ1) is 13.6. The number of nitrogens with one attached hydrogen (secondary N) is 1. The molecule has 2 aliphatic heterocycles. The molecule has 0 fully saturated rings. The van der Waals surface area contributed by atoms with E-state index in [1.807, 2.05) is 12.2 Å². The lowest BCUT2D eigenvalue weighted by molar-refractivity contribution is -0.124. The molecule has 2 N–H and O–H groups in total. The molecule has 6 heteroatoms. The lowest BCUT2D eigenvalue weighted by Gasteiger charge is -2.33. The third-order valence-electron chi connectivity index (χ3n) is 5.29. The molecule has 28 heavy (non-hydrogen) atoms. The van der Waals surface area contributed by atoms with E-state index >= 15 is 0 Å². The molecule has 0 saturated heterocycles. The Morgan fingerprint density at radius 3 is 2.71 bits per heavy atom. The summed E-state index contributed by atoms with van der Waals surface area (Å²) in [5.41, 5.74) is 2.52. The molecule has 0 bridgehead atoms. The summed E-state index contributed by atoms with van der Waals surface area (Å²) in [5.74, 6) is 0.444. The average Bonchev–Trinajstić information content (AvgIpc) is 3.05. The van der Waals surface area contributed by atoms with Gasteiger partial charge in [-0.25, -0.2) is 5.48 Å². The van der Waals surface area contributed by atoms with Crippen LogP contribution in [-0.4, -0.2) is 58.5 Å². The molecular formula is C22H36N4O2. The average molecular weight is 389 g/mol. The Kier molecular flexibility index (Phi) is 9.44. The van der Waals surface area contributed by atoms with Crippen LogP contribution in [0.3, 0.4) is 0 Å². The standard InChI is InChI=1S/C22H36N4O2/c1-4-7-9-19-20(17-25(13-6-3)14-8-5-2)26-15-12-18(16-21(26)23-19)10-11-22(27)24-28/h10-12,15-16,19-20,28H,4-9,13-14,17H2,1-3H3,(H,24,27)/b11-10+. The van der Waals surface area contributed by atoms with Crippen molar-refractivity contribution in [2.45, 2.75) is 71.4 Å². The van der Waals surface area contributed by atoms with E-state index in [2.05, 4.69) is 36.8 Å². The van der Waals surface area contributed by atoms with Gasteiger partial charge in [0.15, 0.2) is 0 Å². The predicted octanol–water partition coefficient (Wildman–Crippen LogP) is 3.66.